The lowest BCUT2D eigenvalue weighted by atomic mass is 10.3. The molecule has 0 bridgehead atoms. The van der Waals surface area contributed by atoms with Gasteiger partial charge in [0.2, 0.25) is 0 Å². The van der Waals surface area contributed by atoms with Crippen molar-refractivity contribution in [3.8, 4) is 0 Å². The first-order valence-electron chi connectivity index (χ1n) is 8.99. The largest absolute Gasteiger partial charge is 0.399 e. The molecule has 1 aromatic rings. The van der Waals surface area contributed by atoms with Crippen LogP contribution < -0.4 is 16.4 Å². The normalized spacial score (nSPS) is 16.4. The Morgan fingerprint density at radius 2 is 2.18 bits per heavy atom. The molecule has 150 valence electrons. The van der Waals surface area contributed by atoms with E-state index < -0.39 is 0 Å². The number of nitrogens with one attached hydrogen (secondary N) is 2. The third kappa shape index (κ3) is 8.30. The summed E-state index contributed by atoms with van der Waals surface area (Å²) in [7, 11) is 0. The van der Waals surface area contributed by atoms with Crippen LogP contribution in [0.1, 0.15) is 17.4 Å². The van der Waals surface area contributed by atoms with Crippen molar-refractivity contribution in [2.24, 2.45) is 5.73 Å². The highest BCUT2D eigenvalue weighted by molar-refractivity contribution is 7.99. The van der Waals surface area contributed by atoms with E-state index in [1.165, 1.54) is 19.2 Å². The average Bonchev–Trinajstić information content (AvgIpc) is 2.71. The Morgan fingerprint density at radius 3 is 2.86 bits per heavy atom. The zero-order valence-corrected chi connectivity index (χ0v) is 16.7. The highest BCUT2D eigenvalue weighted by Crippen LogP contribution is 2.09. The molecule has 0 saturated carbocycles. The van der Waals surface area contributed by atoms with Gasteiger partial charge in [-0.05, 0) is 43.5 Å². The summed E-state index contributed by atoms with van der Waals surface area (Å²) in [5.74, 6) is 1.60. The quantitative estimate of drug-likeness (QED) is 0.579. The number of halogens is 1. The molecule has 4 N–H and O–H groups in total. The number of carbonyl (C=O) groups is 1. The van der Waals surface area contributed by atoms with Crippen molar-refractivity contribution in [2.45, 2.75) is 6.92 Å². The van der Waals surface area contributed by atoms with Crippen LogP contribution in [0.15, 0.2) is 72.2 Å². The molecule has 1 saturated heterocycles. The van der Waals surface area contributed by atoms with E-state index in [-0.39, 0.29) is 18.3 Å². The Kier molecular flexibility index (Phi) is 9.14. The maximum atomic E-state index is 13.3. The Balaban J connectivity index is 1.89. The predicted octanol–water partition coefficient (Wildman–Crippen LogP) is 2.52. The van der Waals surface area contributed by atoms with Crippen LogP contribution in [-0.2, 0) is 0 Å². The van der Waals surface area contributed by atoms with Crippen LogP contribution in [0.4, 0.5) is 4.39 Å². The van der Waals surface area contributed by atoms with Crippen LogP contribution in [0.25, 0.3) is 0 Å². The fourth-order valence-electron chi connectivity index (χ4n) is 2.34. The van der Waals surface area contributed by atoms with E-state index in [2.05, 4.69) is 20.5 Å². The molecule has 28 heavy (non-hydrogen) atoms. The molecule has 1 fully saturated rings. The highest BCUT2D eigenvalue weighted by atomic mass is 32.2. The monoisotopic (exact) mass is 403 g/mol. The standard InChI is InChI=1S/C20H26FN5OS/c1-16(21)13-18(5-4-8-26-9-11-28-12-10-26)24-14-17(22)15-25-20(27)19-6-2-3-7-23-19/h2-8,13-14,24H,9-12,15,22H2,1H3,(H,25,27)/b8-4+,16-13+,17-14-,18-5+. The van der Waals surface area contributed by atoms with Crippen molar-refractivity contribution in [3.05, 3.63) is 77.9 Å². The van der Waals surface area contributed by atoms with Gasteiger partial charge in [-0.25, -0.2) is 4.39 Å². The second-order valence-corrected chi connectivity index (χ2v) is 7.33. The van der Waals surface area contributed by atoms with Crippen LogP contribution in [-0.4, -0.2) is 46.9 Å². The molecule has 0 aromatic carbocycles. The molecule has 0 unspecified atom stereocenters. The van der Waals surface area contributed by atoms with Crippen LogP contribution in [0, 0.1) is 0 Å². The van der Waals surface area contributed by atoms with Gasteiger partial charge in [-0.15, -0.1) is 0 Å². The van der Waals surface area contributed by atoms with Crippen molar-refractivity contribution < 1.29 is 9.18 Å². The van der Waals surface area contributed by atoms with Gasteiger partial charge < -0.3 is 21.3 Å². The van der Waals surface area contributed by atoms with Crippen molar-refractivity contribution in [1.29, 1.82) is 0 Å². The molecule has 0 aliphatic carbocycles. The van der Waals surface area contributed by atoms with Gasteiger partial charge in [0.25, 0.3) is 5.91 Å². The molecule has 1 aliphatic heterocycles. The zero-order chi connectivity index (χ0) is 20.2. The number of aromatic nitrogens is 1. The minimum Gasteiger partial charge on any atom is -0.399 e. The lowest BCUT2D eigenvalue weighted by Crippen LogP contribution is -2.29. The third-order valence-electron chi connectivity index (χ3n) is 3.75. The number of nitrogens with two attached hydrogens (primary N) is 1. The molecule has 0 radical (unpaired) electrons. The van der Waals surface area contributed by atoms with E-state index in [0.29, 0.717) is 17.1 Å². The molecule has 1 aliphatic rings. The lowest BCUT2D eigenvalue weighted by Gasteiger charge is -2.24. The summed E-state index contributed by atoms with van der Waals surface area (Å²) in [4.78, 5) is 18.2. The van der Waals surface area contributed by atoms with Crippen LogP contribution in [0.2, 0.25) is 0 Å². The summed E-state index contributed by atoms with van der Waals surface area (Å²) in [5.41, 5.74) is 7.20. The van der Waals surface area contributed by atoms with E-state index in [0.717, 1.165) is 24.6 Å². The molecule has 6 nitrogen and oxygen atoms in total. The number of nitrogens with zero attached hydrogens (tertiary/aromatic N) is 2. The van der Waals surface area contributed by atoms with E-state index in [4.69, 9.17) is 5.73 Å². The van der Waals surface area contributed by atoms with E-state index in [1.54, 1.807) is 30.5 Å². The number of rotatable bonds is 8. The topological polar surface area (TPSA) is 83.3 Å². The van der Waals surface area contributed by atoms with E-state index in [1.807, 2.05) is 24.0 Å². The Hall–Kier alpha value is -2.74. The van der Waals surface area contributed by atoms with Gasteiger partial charge in [-0.2, -0.15) is 11.8 Å². The fraction of sp³-hybridized carbons (Fsp3) is 0.300. The first-order valence-corrected chi connectivity index (χ1v) is 10.1. The highest BCUT2D eigenvalue weighted by Gasteiger charge is 2.06. The molecular weight excluding hydrogens is 377 g/mol. The summed E-state index contributed by atoms with van der Waals surface area (Å²) in [6, 6.07) is 5.10. The molecular formula is C20H26FN5OS. The predicted molar refractivity (Wildman–Crippen MR) is 113 cm³/mol. The summed E-state index contributed by atoms with van der Waals surface area (Å²) in [6.45, 7) is 3.55. The van der Waals surface area contributed by atoms with Gasteiger partial charge in [0, 0.05) is 48.4 Å². The second kappa shape index (κ2) is 11.9. The molecule has 1 amide bonds. The molecule has 0 atom stereocenters. The van der Waals surface area contributed by atoms with Crippen LogP contribution in [0.5, 0.6) is 0 Å². The average molecular weight is 404 g/mol. The molecule has 8 heteroatoms. The number of hydrogen-bond acceptors (Lipinski definition) is 6. The van der Waals surface area contributed by atoms with Gasteiger partial charge in [0.05, 0.1) is 12.4 Å². The fourth-order valence-corrected chi connectivity index (χ4v) is 3.28. The van der Waals surface area contributed by atoms with Gasteiger partial charge in [-0.3, -0.25) is 9.78 Å². The van der Waals surface area contributed by atoms with Gasteiger partial charge >= 0.3 is 0 Å². The summed E-state index contributed by atoms with van der Waals surface area (Å²) in [6.07, 6.45) is 10.1. The Morgan fingerprint density at radius 1 is 1.39 bits per heavy atom. The minimum absolute atomic E-state index is 0.148. The zero-order valence-electron chi connectivity index (χ0n) is 15.9. The lowest BCUT2D eigenvalue weighted by molar-refractivity contribution is 0.0952. The number of carbonyl (C=O) groups excluding carboxylic acids is 1. The number of allylic oxidation sites excluding steroid dienone is 4. The molecule has 0 spiro atoms. The van der Waals surface area contributed by atoms with Gasteiger partial charge in [0.15, 0.2) is 0 Å². The van der Waals surface area contributed by atoms with Gasteiger partial charge in [0.1, 0.15) is 5.69 Å². The molecule has 1 aromatic heterocycles. The summed E-state index contributed by atoms with van der Waals surface area (Å²) >= 11 is 1.95. The number of thioether (sulfide) groups is 1. The third-order valence-corrected chi connectivity index (χ3v) is 4.69. The van der Waals surface area contributed by atoms with Crippen LogP contribution >= 0.6 is 11.8 Å². The Labute approximate surface area is 169 Å². The van der Waals surface area contributed by atoms with Crippen LogP contribution in [0.3, 0.4) is 0 Å². The molecule has 2 heterocycles. The minimum atomic E-state index is -0.322. The first kappa shape index (κ1) is 21.6. The number of amides is 1. The van der Waals surface area contributed by atoms with Crippen molar-refractivity contribution in [2.75, 3.05) is 31.1 Å². The second-order valence-electron chi connectivity index (χ2n) is 6.10. The Bertz CT molecular complexity index is 751. The van der Waals surface area contributed by atoms with E-state index >= 15 is 0 Å². The summed E-state index contributed by atoms with van der Waals surface area (Å²) < 4.78 is 13.3. The molecule has 2 rings (SSSR count). The van der Waals surface area contributed by atoms with Crippen molar-refractivity contribution in [1.82, 2.24) is 20.5 Å². The maximum absolute atomic E-state index is 13.3. The van der Waals surface area contributed by atoms with Gasteiger partial charge in [-0.1, -0.05) is 6.07 Å². The number of hydrogen-bond donors (Lipinski definition) is 3. The van der Waals surface area contributed by atoms with Crippen molar-refractivity contribution in [3.63, 3.8) is 0 Å². The smallest absolute Gasteiger partial charge is 0.270 e. The van der Waals surface area contributed by atoms with E-state index in [9.17, 15) is 9.18 Å². The number of pyridine rings is 1. The summed E-state index contributed by atoms with van der Waals surface area (Å²) in [5, 5.41) is 5.65. The first-order chi connectivity index (χ1) is 13.5. The SMILES string of the molecule is C\C(F)=C/C(=C\C=C\N1CCSCC1)N/C=C(\N)CNC(=O)c1ccccn1. The van der Waals surface area contributed by atoms with Crippen molar-refractivity contribution >= 4 is 17.7 Å². The maximum Gasteiger partial charge on any atom is 0.270 e.